The van der Waals surface area contributed by atoms with Gasteiger partial charge in [-0.3, -0.25) is 9.69 Å². The van der Waals surface area contributed by atoms with Crippen molar-refractivity contribution in [3.63, 3.8) is 0 Å². The molecule has 0 N–H and O–H groups in total. The number of halogens is 2. The highest BCUT2D eigenvalue weighted by Crippen LogP contribution is 2.17. The number of benzene rings is 2. The molecule has 1 aromatic heterocycles. The molecule has 0 unspecified atom stereocenters. The van der Waals surface area contributed by atoms with E-state index < -0.39 is 0 Å². The fourth-order valence-corrected chi connectivity index (χ4v) is 3.79. The van der Waals surface area contributed by atoms with Crippen LogP contribution in [0.1, 0.15) is 22.0 Å². The highest BCUT2D eigenvalue weighted by atomic mass is 35.5. The lowest BCUT2D eigenvalue weighted by Crippen LogP contribution is -2.48. The van der Waals surface area contributed by atoms with Gasteiger partial charge in [-0.15, -0.1) is 5.10 Å². The van der Waals surface area contributed by atoms with Crippen molar-refractivity contribution >= 4 is 29.1 Å². The predicted molar refractivity (Wildman–Crippen MR) is 114 cm³/mol. The van der Waals surface area contributed by atoms with Gasteiger partial charge in [-0.2, -0.15) is 0 Å². The molecule has 3 aromatic rings. The summed E-state index contributed by atoms with van der Waals surface area (Å²) in [5, 5.41) is 5.82. The van der Waals surface area contributed by atoms with Crippen LogP contribution in [0.15, 0.2) is 48.5 Å². The molecule has 1 amide bonds. The van der Waals surface area contributed by atoms with Gasteiger partial charge in [-0.1, -0.05) is 35.3 Å². The van der Waals surface area contributed by atoms with E-state index in [4.69, 9.17) is 23.2 Å². The Balaban J connectivity index is 1.39. The first-order valence-electron chi connectivity index (χ1n) is 9.45. The topological polar surface area (TPSA) is 54.3 Å². The Morgan fingerprint density at radius 1 is 1.00 bits per heavy atom. The number of nitrogens with zero attached hydrogens (tertiary/aromatic N) is 5. The third-order valence-corrected chi connectivity index (χ3v) is 5.47. The zero-order valence-electron chi connectivity index (χ0n) is 16.1. The quantitative estimate of drug-likeness (QED) is 0.631. The lowest BCUT2D eigenvalue weighted by atomic mass is 10.2. The largest absolute Gasteiger partial charge is 0.333 e. The lowest BCUT2D eigenvalue weighted by molar-refractivity contribution is 0.0616. The van der Waals surface area contributed by atoms with Crippen molar-refractivity contribution in [2.24, 2.45) is 0 Å². The second-order valence-electron chi connectivity index (χ2n) is 7.07. The van der Waals surface area contributed by atoms with Crippen LogP contribution in [0.3, 0.4) is 0 Å². The molecule has 0 bridgehead atoms. The normalized spacial score (nSPS) is 14.9. The monoisotopic (exact) mass is 429 g/mol. The van der Waals surface area contributed by atoms with E-state index in [1.807, 2.05) is 42.2 Å². The average Bonchev–Trinajstić information content (AvgIpc) is 3.10. The first-order valence-corrected chi connectivity index (χ1v) is 10.2. The van der Waals surface area contributed by atoms with Crippen LogP contribution in [0.5, 0.6) is 0 Å². The highest BCUT2D eigenvalue weighted by molar-refractivity contribution is 6.30. The zero-order chi connectivity index (χ0) is 20.4. The Morgan fingerprint density at radius 3 is 2.41 bits per heavy atom. The maximum absolute atomic E-state index is 12.9. The zero-order valence-corrected chi connectivity index (χ0v) is 17.6. The molecule has 0 radical (unpaired) electrons. The minimum absolute atomic E-state index is 0.136. The van der Waals surface area contributed by atoms with Gasteiger partial charge < -0.3 is 4.90 Å². The molecular weight excluding hydrogens is 409 g/mol. The molecule has 4 rings (SSSR count). The van der Waals surface area contributed by atoms with Gasteiger partial charge in [0.15, 0.2) is 0 Å². The van der Waals surface area contributed by atoms with Crippen molar-refractivity contribution < 1.29 is 4.79 Å². The molecule has 0 saturated carbocycles. The van der Waals surface area contributed by atoms with Crippen LogP contribution in [0.25, 0.3) is 5.69 Å². The van der Waals surface area contributed by atoms with Crippen LogP contribution in [0, 0.1) is 6.92 Å². The molecule has 0 spiro atoms. The third kappa shape index (κ3) is 4.61. The summed E-state index contributed by atoms with van der Waals surface area (Å²) in [7, 11) is 0. The number of rotatable bonds is 4. The fourth-order valence-electron chi connectivity index (χ4n) is 3.45. The van der Waals surface area contributed by atoms with E-state index in [2.05, 4.69) is 21.0 Å². The van der Waals surface area contributed by atoms with Gasteiger partial charge >= 0.3 is 0 Å². The van der Waals surface area contributed by atoms with Crippen LogP contribution in [0.4, 0.5) is 0 Å². The molecule has 1 aliphatic heterocycles. The van der Waals surface area contributed by atoms with Gasteiger partial charge in [0.05, 0.1) is 5.69 Å². The molecule has 2 aromatic carbocycles. The Labute approximate surface area is 179 Å². The molecule has 1 fully saturated rings. The summed E-state index contributed by atoms with van der Waals surface area (Å²) in [6.45, 7) is 5.55. The van der Waals surface area contributed by atoms with Crippen molar-refractivity contribution in [1.82, 2.24) is 24.6 Å². The van der Waals surface area contributed by atoms with E-state index in [0.717, 1.165) is 30.3 Å². The second kappa shape index (κ2) is 8.53. The number of aryl methyl sites for hydroxylation is 1. The van der Waals surface area contributed by atoms with E-state index in [0.29, 0.717) is 23.9 Å². The van der Waals surface area contributed by atoms with Crippen molar-refractivity contribution in [2.45, 2.75) is 13.5 Å². The van der Waals surface area contributed by atoms with Crippen LogP contribution >= 0.6 is 23.2 Å². The molecule has 6 nitrogen and oxygen atoms in total. The number of piperazine rings is 1. The summed E-state index contributed by atoms with van der Waals surface area (Å²) in [6.07, 6.45) is 0. The molecule has 29 heavy (non-hydrogen) atoms. The maximum Gasteiger partial charge on any atom is 0.293 e. The first-order chi connectivity index (χ1) is 14.0. The van der Waals surface area contributed by atoms with Gasteiger partial charge in [-0.25, -0.2) is 9.67 Å². The van der Waals surface area contributed by atoms with E-state index >= 15 is 0 Å². The van der Waals surface area contributed by atoms with E-state index in [9.17, 15) is 4.79 Å². The maximum atomic E-state index is 12.9. The summed E-state index contributed by atoms with van der Waals surface area (Å²) < 4.78 is 1.67. The molecule has 1 aliphatic rings. The summed E-state index contributed by atoms with van der Waals surface area (Å²) in [5.41, 5.74) is 2.00. The number of aromatic nitrogens is 3. The lowest BCUT2D eigenvalue weighted by Gasteiger charge is -2.34. The first kappa shape index (κ1) is 19.9. The molecule has 8 heteroatoms. The molecule has 0 atom stereocenters. The van der Waals surface area contributed by atoms with Gasteiger partial charge in [0.2, 0.25) is 5.82 Å². The van der Waals surface area contributed by atoms with Crippen molar-refractivity contribution in [3.05, 3.63) is 75.8 Å². The number of hydrogen-bond acceptors (Lipinski definition) is 4. The summed E-state index contributed by atoms with van der Waals surface area (Å²) in [6, 6.07) is 15.2. The molecule has 150 valence electrons. The summed E-state index contributed by atoms with van der Waals surface area (Å²) >= 11 is 12.0. The predicted octanol–water partition coefficient (Wildman–Crippen LogP) is 3.84. The van der Waals surface area contributed by atoms with E-state index in [1.54, 1.807) is 16.8 Å². The highest BCUT2D eigenvalue weighted by Gasteiger charge is 2.25. The molecule has 1 saturated heterocycles. The van der Waals surface area contributed by atoms with Gasteiger partial charge in [0.1, 0.15) is 5.82 Å². The van der Waals surface area contributed by atoms with Crippen LogP contribution < -0.4 is 0 Å². The van der Waals surface area contributed by atoms with E-state index in [-0.39, 0.29) is 11.7 Å². The number of amides is 1. The fraction of sp³-hybridized carbons (Fsp3) is 0.286. The van der Waals surface area contributed by atoms with Crippen LogP contribution in [0.2, 0.25) is 10.0 Å². The van der Waals surface area contributed by atoms with Gasteiger partial charge in [0, 0.05) is 42.8 Å². The Kier molecular flexibility index (Phi) is 5.85. The molecule has 0 aliphatic carbocycles. The molecular formula is C21H21Cl2N5O. The standard InChI is InChI=1S/C21H21Cl2N5O/c1-15-24-20(25-28(15)19-7-5-17(22)6-8-19)21(29)27-11-9-26(10-12-27)14-16-3-2-4-18(23)13-16/h2-8,13H,9-12,14H2,1H3. The van der Waals surface area contributed by atoms with Crippen molar-refractivity contribution in [3.8, 4) is 5.69 Å². The van der Waals surface area contributed by atoms with Gasteiger partial charge in [0.25, 0.3) is 5.91 Å². The van der Waals surface area contributed by atoms with E-state index in [1.165, 1.54) is 5.56 Å². The minimum Gasteiger partial charge on any atom is -0.333 e. The number of carbonyl (C=O) groups excluding carboxylic acids is 1. The minimum atomic E-state index is -0.136. The van der Waals surface area contributed by atoms with Crippen molar-refractivity contribution in [2.75, 3.05) is 26.2 Å². The van der Waals surface area contributed by atoms with Gasteiger partial charge in [-0.05, 0) is 48.9 Å². The smallest absolute Gasteiger partial charge is 0.293 e. The summed E-state index contributed by atoms with van der Waals surface area (Å²) in [4.78, 5) is 21.4. The van der Waals surface area contributed by atoms with Crippen LogP contribution in [-0.4, -0.2) is 56.7 Å². The third-order valence-electron chi connectivity index (χ3n) is 4.99. The number of hydrogen-bond donors (Lipinski definition) is 0. The number of carbonyl (C=O) groups is 1. The van der Waals surface area contributed by atoms with Crippen molar-refractivity contribution in [1.29, 1.82) is 0 Å². The average molecular weight is 430 g/mol. The van der Waals surface area contributed by atoms with Crippen LogP contribution in [-0.2, 0) is 6.54 Å². The molecule has 2 heterocycles. The summed E-state index contributed by atoms with van der Waals surface area (Å²) in [5.74, 6) is 0.749. The SMILES string of the molecule is Cc1nc(C(=O)N2CCN(Cc3cccc(Cl)c3)CC2)nn1-c1ccc(Cl)cc1. The second-order valence-corrected chi connectivity index (χ2v) is 7.94. The Bertz CT molecular complexity index is 1010. The Hall–Kier alpha value is -2.41. The Morgan fingerprint density at radius 2 is 1.72 bits per heavy atom.